The van der Waals surface area contributed by atoms with E-state index < -0.39 is 14.6 Å². The van der Waals surface area contributed by atoms with Gasteiger partial charge in [-0.1, -0.05) is 25.9 Å². The Hall–Kier alpha value is 0.00688. The second kappa shape index (κ2) is 3.24. The second-order valence-electron chi connectivity index (χ2n) is 1.81. The Bertz CT molecular complexity index is 74.8. The summed E-state index contributed by atoms with van der Waals surface area (Å²) in [5, 5.41) is 0. The summed E-state index contributed by atoms with van der Waals surface area (Å²) in [5.41, 5.74) is 0. The summed E-state index contributed by atoms with van der Waals surface area (Å²) in [5.74, 6) is -3.88. The van der Waals surface area contributed by atoms with E-state index in [-0.39, 0.29) is 0 Å². The SMILES string of the molecule is CC[Si](CC)C(F)(F)F. The average molecular weight is 155 g/mol. The van der Waals surface area contributed by atoms with Crippen molar-refractivity contribution in [2.24, 2.45) is 0 Å². The Balaban J connectivity index is 3.79. The molecule has 0 unspecified atom stereocenters. The molecular weight excluding hydrogens is 145 g/mol. The largest absolute Gasteiger partial charge is 0.359 e. The van der Waals surface area contributed by atoms with E-state index in [1.54, 1.807) is 13.8 Å². The van der Waals surface area contributed by atoms with E-state index in [4.69, 9.17) is 0 Å². The molecule has 0 aromatic heterocycles. The molecule has 0 heterocycles. The van der Waals surface area contributed by atoms with Crippen LogP contribution in [0.4, 0.5) is 13.2 Å². The summed E-state index contributed by atoms with van der Waals surface area (Å²) in [6.45, 7) is 3.20. The highest BCUT2D eigenvalue weighted by Crippen LogP contribution is 2.23. The van der Waals surface area contributed by atoms with Crippen molar-refractivity contribution in [1.82, 2.24) is 0 Å². The highest BCUT2D eigenvalue weighted by molar-refractivity contribution is 6.60. The minimum atomic E-state index is -3.88. The zero-order valence-corrected chi connectivity index (χ0v) is 6.55. The van der Waals surface area contributed by atoms with Crippen LogP contribution in [-0.2, 0) is 0 Å². The van der Waals surface area contributed by atoms with Crippen molar-refractivity contribution < 1.29 is 13.2 Å². The Morgan fingerprint density at radius 1 is 1.11 bits per heavy atom. The minimum Gasteiger partial charge on any atom is -0.177 e. The molecule has 0 aromatic rings. The quantitative estimate of drug-likeness (QED) is 0.538. The van der Waals surface area contributed by atoms with Crippen molar-refractivity contribution in [3.63, 3.8) is 0 Å². The van der Waals surface area contributed by atoms with Gasteiger partial charge in [0.2, 0.25) is 0 Å². The molecule has 0 aliphatic rings. The maximum absolute atomic E-state index is 11.8. The van der Waals surface area contributed by atoms with E-state index in [0.29, 0.717) is 12.1 Å². The van der Waals surface area contributed by atoms with Crippen molar-refractivity contribution >= 4 is 8.80 Å². The van der Waals surface area contributed by atoms with Crippen molar-refractivity contribution in [3.8, 4) is 0 Å². The third-order valence-corrected chi connectivity index (χ3v) is 3.76. The van der Waals surface area contributed by atoms with Gasteiger partial charge in [-0.3, -0.25) is 0 Å². The maximum Gasteiger partial charge on any atom is 0.359 e. The minimum absolute atomic E-state index is 0.296. The van der Waals surface area contributed by atoms with E-state index in [2.05, 4.69) is 0 Å². The lowest BCUT2D eigenvalue weighted by Crippen LogP contribution is -2.31. The molecule has 0 atom stereocenters. The molecule has 0 aliphatic heterocycles. The van der Waals surface area contributed by atoms with Crippen LogP contribution in [0.5, 0.6) is 0 Å². The molecule has 0 amide bonds. The number of hydrogen-bond acceptors (Lipinski definition) is 0. The second-order valence-corrected chi connectivity index (χ2v) is 5.00. The highest BCUT2D eigenvalue weighted by Gasteiger charge is 2.38. The molecule has 9 heavy (non-hydrogen) atoms. The van der Waals surface area contributed by atoms with E-state index >= 15 is 0 Å². The van der Waals surface area contributed by atoms with E-state index in [0.717, 1.165) is 0 Å². The zero-order valence-electron chi connectivity index (χ0n) is 5.55. The molecular formula is C5H10F3Si. The average Bonchev–Trinajstić information content (AvgIpc) is 1.65. The monoisotopic (exact) mass is 155 g/mol. The van der Waals surface area contributed by atoms with Crippen molar-refractivity contribution in [2.45, 2.75) is 31.7 Å². The lowest BCUT2D eigenvalue weighted by molar-refractivity contribution is -0.0519. The van der Waals surface area contributed by atoms with Gasteiger partial charge < -0.3 is 0 Å². The number of halogens is 3. The van der Waals surface area contributed by atoms with Gasteiger partial charge >= 0.3 is 5.80 Å². The van der Waals surface area contributed by atoms with Gasteiger partial charge in [0, 0.05) is 0 Å². The van der Waals surface area contributed by atoms with Crippen LogP contribution in [0, 0.1) is 0 Å². The first-order valence-corrected chi connectivity index (χ1v) is 4.85. The molecule has 0 rings (SSSR count). The van der Waals surface area contributed by atoms with Gasteiger partial charge in [0.25, 0.3) is 0 Å². The van der Waals surface area contributed by atoms with Gasteiger partial charge in [-0.2, -0.15) is 13.2 Å². The van der Waals surface area contributed by atoms with E-state index in [1.165, 1.54) is 0 Å². The standard InChI is InChI=1S/C5H10F3Si/c1-3-9(4-2)5(6,7)8/h3-4H2,1-2H3. The van der Waals surface area contributed by atoms with Crippen LogP contribution in [0.25, 0.3) is 0 Å². The highest BCUT2D eigenvalue weighted by atomic mass is 28.3. The van der Waals surface area contributed by atoms with Crippen LogP contribution in [-0.4, -0.2) is 14.6 Å². The van der Waals surface area contributed by atoms with Crippen LogP contribution < -0.4 is 0 Å². The molecule has 1 radical (unpaired) electrons. The number of hydrogen-bond donors (Lipinski definition) is 0. The smallest absolute Gasteiger partial charge is 0.177 e. The molecule has 0 saturated heterocycles. The summed E-state index contributed by atoms with van der Waals surface area (Å²) >= 11 is 0. The molecule has 0 aliphatic carbocycles. The van der Waals surface area contributed by atoms with Gasteiger partial charge in [-0.15, -0.1) is 0 Å². The topological polar surface area (TPSA) is 0 Å². The summed E-state index contributed by atoms with van der Waals surface area (Å²) < 4.78 is 35.3. The fraction of sp³-hybridized carbons (Fsp3) is 1.00. The molecule has 55 valence electrons. The van der Waals surface area contributed by atoms with Crippen LogP contribution in [0.15, 0.2) is 0 Å². The van der Waals surface area contributed by atoms with Gasteiger partial charge in [-0.05, 0) is 0 Å². The van der Waals surface area contributed by atoms with Crippen LogP contribution in [0.3, 0.4) is 0 Å². The fourth-order valence-corrected chi connectivity index (χ4v) is 1.95. The third kappa shape index (κ3) is 2.89. The van der Waals surface area contributed by atoms with E-state index in [1.807, 2.05) is 0 Å². The van der Waals surface area contributed by atoms with Crippen molar-refractivity contribution in [3.05, 3.63) is 0 Å². The van der Waals surface area contributed by atoms with Crippen LogP contribution in [0.1, 0.15) is 13.8 Å². The maximum atomic E-state index is 11.8. The van der Waals surface area contributed by atoms with Crippen molar-refractivity contribution in [2.75, 3.05) is 0 Å². The molecule has 0 bridgehead atoms. The molecule has 0 N–H and O–H groups in total. The van der Waals surface area contributed by atoms with Gasteiger partial charge in [0.15, 0.2) is 8.80 Å². The lowest BCUT2D eigenvalue weighted by Gasteiger charge is -2.13. The van der Waals surface area contributed by atoms with Gasteiger partial charge in [-0.25, -0.2) is 0 Å². The van der Waals surface area contributed by atoms with Gasteiger partial charge in [0.1, 0.15) is 0 Å². The number of alkyl halides is 3. The number of rotatable bonds is 2. The van der Waals surface area contributed by atoms with Crippen LogP contribution in [0.2, 0.25) is 12.1 Å². The Kier molecular flexibility index (Phi) is 3.25. The predicted octanol–water partition coefficient (Wildman–Crippen LogP) is 2.62. The normalized spacial score (nSPS) is 12.7. The van der Waals surface area contributed by atoms with E-state index in [9.17, 15) is 13.2 Å². The fourth-order valence-electron chi connectivity index (χ4n) is 0.651. The molecule has 0 nitrogen and oxygen atoms in total. The summed E-state index contributed by atoms with van der Waals surface area (Å²) in [7, 11) is -2.04. The molecule has 0 aromatic carbocycles. The Morgan fingerprint density at radius 2 is 1.44 bits per heavy atom. The Labute approximate surface area is 54.7 Å². The first-order valence-electron chi connectivity index (χ1n) is 2.94. The molecule has 0 spiro atoms. The summed E-state index contributed by atoms with van der Waals surface area (Å²) in [6, 6.07) is 0.593. The molecule has 0 saturated carbocycles. The first kappa shape index (κ1) is 9.01. The third-order valence-electron chi connectivity index (χ3n) is 1.25. The Morgan fingerprint density at radius 3 is 1.44 bits per heavy atom. The molecule has 4 heteroatoms. The zero-order chi connectivity index (χ0) is 7.49. The molecule has 0 fully saturated rings. The van der Waals surface area contributed by atoms with Crippen molar-refractivity contribution in [1.29, 1.82) is 0 Å². The first-order chi connectivity index (χ1) is 4.02. The summed E-state index contributed by atoms with van der Waals surface area (Å²) in [6.07, 6.45) is 0. The lowest BCUT2D eigenvalue weighted by atomic mass is 10.9. The van der Waals surface area contributed by atoms with Gasteiger partial charge in [0.05, 0.1) is 0 Å². The predicted molar refractivity (Wildman–Crippen MR) is 32.8 cm³/mol. The summed E-state index contributed by atoms with van der Waals surface area (Å²) in [4.78, 5) is 0. The van der Waals surface area contributed by atoms with Crippen LogP contribution >= 0.6 is 0 Å².